The van der Waals surface area contributed by atoms with E-state index in [-0.39, 0.29) is 0 Å². The van der Waals surface area contributed by atoms with Crippen LogP contribution in [-0.4, -0.2) is 10.1 Å². The monoisotopic (exact) mass is 343 g/mol. The summed E-state index contributed by atoms with van der Waals surface area (Å²) in [6.07, 6.45) is 2.97. The lowest BCUT2D eigenvalue weighted by Gasteiger charge is -2.34. The fourth-order valence-corrected chi connectivity index (χ4v) is 3.24. The van der Waals surface area contributed by atoms with E-state index in [0.717, 1.165) is 40.1 Å². The van der Waals surface area contributed by atoms with Crippen LogP contribution in [0.25, 0.3) is 22.2 Å². The number of benzene rings is 2. The summed E-state index contributed by atoms with van der Waals surface area (Å²) in [6, 6.07) is 12.2. The molecule has 5 heteroatoms. The van der Waals surface area contributed by atoms with Crippen LogP contribution in [0.4, 0.5) is 0 Å². The molecule has 0 spiro atoms. The van der Waals surface area contributed by atoms with Gasteiger partial charge >= 0.3 is 0 Å². The standard InChI is InChI=1S/C16H14BrN3O/c17-11-8-10-4-1-2-5-12(10)13(9-11)14-19-15(20-21-14)16(18)6-3-7-16/h1-2,4-5,8-9H,3,6-7,18H2. The molecule has 1 aliphatic rings. The summed E-state index contributed by atoms with van der Waals surface area (Å²) >= 11 is 3.54. The highest BCUT2D eigenvalue weighted by Crippen LogP contribution is 2.38. The van der Waals surface area contributed by atoms with E-state index >= 15 is 0 Å². The first-order valence-corrected chi connectivity index (χ1v) is 7.77. The fourth-order valence-electron chi connectivity index (χ4n) is 2.77. The van der Waals surface area contributed by atoms with Crippen LogP contribution in [0.1, 0.15) is 25.1 Å². The molecule has 1 aliphatic carbocycles. The van der Waals surface area contributed by atoms with Gasteiger partial charge in [0, 0.05) is 10.0 Å². The molecule has 3 aromatic rings. The number of rotatable bonds is 2. The highest BCUT2D eigenvalue weighted by molar-refractivity contribution is 9.10. The molecule has 0 amide bonds. The molecule has 1 saturated carbocycles. The van der Waals surface area contributed by atoms with Gasteiger partial charge in [-0.1, -0.05) is 45.4 Å². The lowest BCUT2D eigenvalue weighted by Crippen LogP contribution is -2.44. The molecule has 2 N–H and O–H groups in total. The molecule has 0 bridgehead atoms. The summed E-state index contributed by atoms with van der Waals surface area (Å²) in [5, 5.41) is 6.32. The number of nitrogens with two attached hydrogens (primary N) is 1. The Balaban J connectivity index is 1.87. The maximum atomic E-state index is 6.26. The normalized spacial score (nSPS) is 16.9. The number of hydrogen-bond donors (Lipinski definition) is 1. The Labute approximate surface area is 130 Å². The summed E-state index contributed by atoms with van der Waals surface area (Å²) in [7, 11) is 0. The minimum atomic E-state index is -0.399. The van der Waals surface area contributed by atoms with Gasteiger partial charge in [0.15, 0.2) is 5.82 Å². The molecular formula is C16H14BrN3O. The van der Waals surface area contributed by atoms with Crippen LogP contribution in [0.3, 0.4) is 0 Å². The smallest absolute Gasteiger partial charge is 0.258 e. The Morgan fingerprint density at radius 2 is 2.00 bits per heavy atom. The Hall–Kier alpha value is -1.72. The van der Waals surface area contributed by atoms with Crippen molar-refractivity contribution < 1.29 is 4.52 Å². The van der Waals surface area contributed by atoms with Crippen molar-refractivity contribution in [3.8, 4) is 11.5 Å². The molecular weight excluding hydrogens is 330 g/mol. The molecule has 2 aromatic carbocycles. The van der Waals surface area contributed by atoms with E-state index in [9.17, 15) is 0 Å². The zero-order chi connectivity index (χ0) is 14.4. The van der Waals surface area contributed by atoms with Gasteiger partial charge < -0.3 is 10.3 Å². The molecule has 1 aromatic heterocycles. The number of nitrogens with zero attached hydrogens (tertiary/aromatic N) is 2. The Morgan fingerprint density at radius 3 is 2.76 bits per heavy atom. The molecule has 4 nitrogen and oxygen atoms in total. The van der Waals surface area contributed by atoms with Crippen molar-refractivity contribution in [1.29, 1.82) is 0 Å². The van der Waals surface area contributed by atoms with E-state index in [1.54, 1.807) is 0 Å². The van der Waals surface area contributed by atoms with Crippen molar-refractivity contribution in [1.82, 2.24) is 10.1 Å². The van der Waals surface area contributed by atoms with Crippen molar-refractivity contribution in [2.45, 2.75) is 24.8 Å². The van der Waals surface area contributed by atoms with Gasteiger partial charge in [-0.2, -0.15) is 4.98 Å². The SMILES string of the molecule is NC1(c2noc(-c3cc(Br)cc4ccccc34)n2)CCC1. The summed E-state index contributed by atoms with van der Waals surface area (Å²) < 4.78 is 6.46. The second-order valence-electron chi connectivity index (χ2n) is 5.61. The minimum absolute atomic E-state index is 0.399. The molecule has 1 fully saturated rings. The van der Waals surface area contributed by atoms with Crippen LogP contribution in [0.15, 0.2) is 45.4 Å². The maximum Gasteiger partial charge on any atom is 0.258 e. The van der Waals surface area contributed by atoms with E-state index < -0.39 is 5.54 Å². The first-order chi connectivity index (χ1) is 10.2. The number of fused-ring (bicyclic) bond motifs is 1. The second kappa shape index (κ2) is 4.64. The first-order valence-electron chi connectivity index (χ1n) is 6.97. The van der Waals surface area contributed by atoms with Crippen molar-refractivity contribution in [3.05, 3.63) is 46.7 Å². The first kappa shape index (κ1) is 13.0. The topological polar surface area (TPSA) is 64.9 Å². The van der Waals surface area contributed by atoms with Gasteiger partial charge in [0.25, 0.3) is 5.89 Å². The lowest BCUT2D eigenvalue weighted by atomic mass is 9.77. The van der Waals surface area contributed by atoms with E-state index in [2.05, 4.69) is 44.3 Å². The summed E-state index contributed by atoms with van der Waals surface area (Å²) in [4.78, 5) is 4.54. The predicted molar refractivity (Wildman–Crippen MR) is 84.7 cm³/mol. The van der Waals surface area contributed by atoms with Crippen molar-refractivity contribution in [3.63, 3.8) is 0 Å². The van der Waals surface area contributed by atoms with Gasteiger partial charge in [0.1, 0.15) is 0 Å². The minimum Gasteiger partial charge on any atom is -0.334 e. The molecule has 106 valence electrons. The molecule has 0 radical (unpaired) electrons. The van der Waals surface area contributed by atoms with Crippen LogP contribution in [0, 0.1) is 0 Å². The lowest BCUT2D eigenvalue weighted by molar-refractivity contribution is 0.229. The number of hydrogen-bond acceptors (Lipinski definition) is 4. The van der Waals surface area contributed by atoms with Gasteiger partial charge in [-0.3, -0.25) is 0 Å². The van der Waals surface area contributed by atoms with Gasteiger partial charge in [-0.05, 0) is 42.2 Å². The number of halogens is 1. The summed E-state index contributed by atoms with van der Waals surface area (Å²) in [6.45, 7) is 0. The van der Waals surface area contributed by atoms with Crippen LogP contribution in [0.2, 0.25) is 0 Å². The molecule has 0 unspecified atom stereocenters. The Kier molecular flexibility index (Phi) is 2.87. The van der Waals surface area contributed by atoms with Crippen molar-refractivity contribution in [2.75, 3.05) is 0 Å². The average molecular weight is 344 g/mol. The molecule has 0 saturated heterocycles. The predicted octanol–water partition coefficient (Wildman–Crippen LogP) is 3.99. The molecule has 1 heterocycles. The van der Waals surface area contributed by atoms with Crippen molar-refractivity contribution in [2.24, 2.45) is 5.73 Å². The van der Waals surface area contributed by atoms with Gasteiger partial charge in [-0.25, -0.2) is 0 Å². The fraction of sp³-hybridized carbons (Fsp3) is 0.250. The Bertz CT molecular complexity index is 823. The summed E-state index contributed by atoms with van der Waals surface area (Å²) in [5.41, 5.74) is 6.80. The summed E-state index contributed by atoms with van der Waals surface area (Å²) in [5.74, 6) is 1.15. The molecule has 21 heavy (non-hydrogen) atoms. The van der Waals surface area contributed by atoms with Gasteiger partial charge in [0.05, 0.1) is 5.54 Å². The largest absolute Gasteiger partial charge is 0.334 e. The third kappa shape index (κ3) is 2.08. The zero-order valence-electron chi connectivity index (χ0n) is 11.3. The maximum absolute atomic E-state index is 6.26. The Morgan fingerprint density at radius 1 is 1.19 bits per heavy atom. The quantitative estimate of drug-likeness (QED) is 0.763. The van der Waals surface area contributed by atoms with E-state index in [1.807, 2.05) is 18.2 Å². The highest BCUT2D eigenvalue weighted by atomic mass is 79.9. The third-order valence-corrected chi connectivity index (χ3v) is 4.63. The van der Waals surface area contributed by atoms with Crippen LogP contribution in [0.5, 0.6) is 0 Å². The van der Waals surface area contributed by atoms with Crippen LogP contribution in [-0.2, 0) is 5.54 Å². The average Bonchev–Trinajstić information content (AvgIpc) is 2.93. The van der Waals surface area contributed by atoms with Gasteiger partial charge in [-0.15, -0.1) is 0 Å². The number of aromatic nitrogens is 2. The highest BCUT2D eigenvalue weighted by Gasteiger charge is 2.39. The van der Waals surface area contributed by atoms with E-state index in [1.165, 1.54) is 0 Å². The second-order valence-corrected chi connectivity index (χ2v) is 6.52. The van der Waals surface area contributed by atoms with Crippen LogP contribution >= 0.6 is 15.9 Å². The van der Waals surface area contributed by atoms with E-state index in [4.69, 9.17) is 10.3 Å². The third-order valence-electron chi connectivity index (χ3n) is 4.17. The zero-order valence-corrected chi connectivity index (χ0v) is 12.9. The van der Waals surface area contributed by atoms with Crippen molar-refractivity contribution >= 4 is 26.7 Å². The molecule has 0 aliphatic heterocycles. The molecule has 4 rings (SSSR count). The van der Waals surface area contributed by atoms with Crippen LogP contribution < -0.4 is 5.73 Å². The van der Waals surface area contributed by atoms with E-state index in [0.29, 0.717) is 11.7 Å². The van der Waals surface area contributed by atoms with Gasteiger partial charge in [0.2, 0.25) is 0 Å². The molecule has 0 atom stereocenters.